The summed E-state index contributed by atoms with van der Waals surface area (Å²) in [5.41, 5.74) is 0.810. The first-order valence-electron chi connectivity index (χ1n) is 5.50. The lowest BCUT2D eigenvalue weighted by atomic mass is 10.2. The Morgan fingerprint density at radius 2 is 2.11 bits per heavy atom. The fourth-order valence-corrected chi connectivity index (χ4v) is 1.39. The van der Waals surface area contributed by atoms with E-state index in [1.165, 1.54) is 18.2 Å². The number of anilines is 1. The van der Waals surface area contributed by atoms with Crippen molar-refractivity contribution in [1.82, 2.24) is 5.32 Å². The van der Waals surface area contributed by atoms with Gasteiger partial charge in [-0.05, 0) is 37.1 Å². The number of halogens is 1. The number of nitrogens with one attached hydrogen (secondary N) is 2. The number of aryl methyl sites for hydroxylation is 1. The van der Waals surface area contributed by atoms with Crippen molar-refractivity contribution in [2.75, 3.05) is 5.32 Å². The molecule has 1 aromatic rings. The van der Waals surface area contributed by atoms with Crippen molar-refractivity contribution in [2.45, 2.75) is 26.3 Å². The molecular formula is C12H15FN2O3. The van der Waals surface area contributed by atoms with Crippen LogP contribution in [-0.4, -0.2) is 23.1 Å². The van der Waals surface area contributed by atoms with Crippen LogP contribution in [0.5, 0.6) is 0 Å². The smallest absolute Gasteiger partial charge is 0.326 e. The van der Waals surface area contributed by atoms with E-state index in [0.717, 1.165) is 0 Å². The van der Waals surface area contributed by atoms with Gasteiger partial charge in [-0.1, -0.05) is 6.92 Å². The van der Waals surface area contributed by atoms with E-state index < -0.39 is 18.0 Å². The van der Waals surface area contributed by atoms with Crippen LogP contribution in [0, 0.1) is 12.7 Å². The Kier molecular flexibility index (Phi) is 4.65. The number of aliphatic carboxylic acids is 1. The predicted molar refractivity (Wildman–Crippen MR) is 65.0 cm³/mol. The van der Waals surface area contributed by atoms with Crippen molar-refractivity contribution in [3.05, 3.63) is 29.6 Å². The third-order valence-corrected chi connectivity index (χ3v) is 2.43. The SMILES string of the molecule is CC[C@@H](NC(=O)Nc1ccc(F)c(C)c1)C(=O)O. The second-order valence-electron chi connectivity index (χ2n) is 3.86. The van der Waals surface area contributed by atoms with Crippen molar-refractivity contribution in [3.63, 3.8) is 0 Å². The highest BCUT2D eigenvalue weighted by Crippen LogP contribution is 2.13. The van der Waals surface area contributed by atoms with Gasteiger partial charge in [-0.2, -0.15) is 0 Å². The van der Waals surface area contributed by atoms with Gasteiger partial charge in [-0.15, -0.1) is 0 Å². The highest BCUT2D eigenvalue weighted by atomic mass is 19.1. The fourth-order valence-electron chi connectivity index (χ4n) is 1.39. The van der Waals surface area contributed by atoms with Gasteiger partial charge in [0.15, 0.2) is 0 Å². The third kappa shape index (κ3) is 3.73. The molecular weight excluding hydrogens is 239 g/mol. The summed E-state index contributed by atoms with van der Waals surface area (Å²) in [6.45, 7) is 3.23. The first kappa shape index (κ1) is 14.0. The molecule has 0 saturated heterocycles. The Hall–Kier alpha value is -2.11. The lowest BCUT2D eigenvalue weighted by Gasteiger charge is -2.13. The number of hydrogen-bond donors (Lipinski definition) is 3. The molecule has 0 heterocycles. The molecule has 1 rings (SSSR count). The Morgan fingerprint density at radius 3 is 2.61 bits per heavy atom. The van der Waals surface area contributed by atoms with Gasteiger partial charge in [0.25, 0.3) is 0 Å². The van der Waals surface area contributed by atoms with Crippen LogP contribution in [0.3, 0.4) is 0 Å². The van der Waals surface area contributed by atoms with Gasteiger partial charge in [0, 0.05) is 5.69 Å². The molecule has 1 atom stereocenters. The molecule has 18 heavy (non-hydrogen) atoms. The summed E-state index contributed by atoms with van der Waals surface area (Å²) in [6, 6.07) is 2.54. The first-order chi connectivity index (χ1) is 8.43. The summed E-state index contributed by atoms with van der Waals surface area (Å²) < 4.78 is 13.0. The summed E-state index contributed by atoms with van der Waals surface area (Å²) in [6.07, 6.45) is 0.283. The van der Waals surface area contributed by atoms with Gasteiger partial charge in [0.1, 0.15) is 11.9 Å². The zero-order chi connectivity index (χ0) is 13.7. The molecule has 3 N–H and O–H groups in total. The van der Waals surface area contributed by atoms with Crippen LogP contribution < -0.4 is 10.6 Å². The minimum atomic E-state index is -1.09. The number of carbonyl (C=O) groups excluding carboxylic acids is 1. The standard InChI is InChI=1S/C12H15FN2O3/c1-3-10(11(16)17)15-12(18)14-8-4-5-9(13)7(2)6-8/h4-6,10H,3H2,1-2H3,(H,16,17)(H2,14,15,18)/t10-/m1/s1. The van der Waals surface area contributed by atoms with E-state index in [9.17, 15) is 14.0 Å². The van der Waals surface area contributed by atoms with Gasteiger partial charge in [0.05, 0.1) is 0 Å². The normalized spacial score (nSPS) is 11.7. The summed E-state index contributed by atoms with van der Waals surface area (Å²) in [5, 5.41) is 13.5. The molecule has 0 saturated carbocycles. The minimum absolute atomic E-state index is 0.283. The van der Waals surface area contributed by atoms with E-state index in [4.69, 9.17) is 5.11 Å². The number of carbonyl (C=O) groups is 2. The molecule has 0 bridgehead atoms. The van der Waals surface area contributed by atoms with Gasteiger partial charge in [-0.3, -0.25) is 0 Å². The predicted octanol–water partition coefficient (Wildman–Crippen LogP) is 2.12. The van der Waals surface area contributed by atoms with Crippen molar-refractivity contribution in [1.29, 1.82) is 0 Å². The number of amides is 2. The molecule has 5 nitrogen and oxygen atoms in total. The summed E-state index contributed by atoms with van der Waals surface area (Å²) in [4.78, 5) is 22.2. The van der Waals surface area contributed by atoms with Gasteiger partial charge < -0.3 is 15.7 Å². The number of carboxylic acids is 1. The Labute approximate surface area is 104 Å². The van der Waals surface area contributed by atoms with Crippen molar-refractivity contribution in [2.24, 2.45) is 0 Å². The van der Waals surface area contributed by atoms with Gasteiger partial charge in [0.2, 0.25) is 0 Å². The van der Waals surface area contributed by atoms with Crippen LogP contribution in [0.25, 0.3) is 0 Å². The average Bonchev–Trinajstić information content (AvgIpc) is 2.30. The molecule has 98 valence electrons. The molecule has 2 amide bonds. The van der Waals surface area contributed by atoms with Gasteiger partial charge in [-0.25, -0.2) is 14.0 Å². The molecule has 0 aromatic heterocycles. The minimum Gasteiger partial charge on any atom is -0.480 e. The Bertz CT molecular complexity index is 463. The number of hydrogen-bond acceptors (Lipinski definition) is 2. The molecule has 6 heteroatoms. The third-order valence-electron chi connectivity index (χ3n) is 2.43. The van der Waals surface area contributed by atoms with E-state index in [1.54, 1.807) is 13.8 Å². The zero-order valence-electron chi connectivity index (χ0n) is 10.2. The van der Waals surface area contributed by atoms with Crippen molar-refractivity contribution in [3.8, 4) is 0 Å². The average molecular weight is 254 g/mol. The molecule has 0 radical (unpaired) electrons. The topological polar surface area (TPSA) is 78.4 Å². The molecule has 0 aliphatic heterocycles. The Balaban J connectivity index is 2.64. The quantitative estimate of drug-likeness (QED) is 0.770. The highest BCUT2D eigenvalue weighted by Gasteiger charge is 2.17. The van der Waals surface area contributed by atoms with Crippen LogP contribution in [-0.2, 0) is 4.79 Å². The number of benzene rings is 1. The molecule has 0 spiro atoms. The van der Waals surface area contributed by atoms with Crippen molar-refractivity contribution < 1.29 is 19.1 Å². The summed E-state index contributed by atoms with van der Waals surface area (Å²) >= 11 is 0. The van der Waals surface area contributed by atoms with Crippen LogP contribution >= 0.6 is 0 Å². The Morgan fingerprint density at radius 1 is 1.44 bits per heavy atom. The molecule has 1 aromatic carbocycles. The monoisotopic (exact) mass is 254 g/mol. The second-order valence-corrected chi connectivity index (χ2v) is 3.86. The largest absolute Gasteiger partial charge is 0.480 e. The summed E-state index contributed by atoms with van der Waals surface area (Å²) in [7, 11) is 0. The maximum absolute atomic E-state index is 13.0. The zero-order valence-corrected chi connectivity index (χ0v) is 10.2. The van der Waals surface area contributed by atoms with E-state index in [1.807, 2.05) is 0 Å². The van der Waals surface area contributed by atoms with Crippen LogP contribution in [0.4, 0.5) is 14.9 Å². The lowest BCUT2D eigenvalue weighted by Crippen LogP contribution is -2.42. The van der Waals surface area contributed by atoms with E-state index in [0.29, 0.717) is 11.3 Å². The molecule has 0 unspecified atom stereocenters. The summed E-state index contributed by atoms with van der Waals surface area (Å²) in [5.74, 6) is -1.46. The molecule has 0 aliphatic rings. The van der Waals surface area contributed by atoms with Gasteiger partial charge >= 0.3 is 12.0 Å². The van der Waals surface area contributed by atoms with E-state index >= 15 is 0 Å². The number of rotatable bonds is 4. The maximum Gasteiger partial charge on any atom is 0.326 e. The van der Waals surface area contributed by atoms with Crippen LogP contribution in [0.15, 0.2) is 18.2 Å². The highest BCUT2D eigenvalue weighted by molar-refractivity contribution is 5.92. The molecule has 0 aliphatic carbocycles. The van der Waals surface area contributed by atoms with Crippen molar-refractivity contribution >= 4 is 17.7 Å². The number of carboxylic acid groups (broad SMARTS) is 1. The molecule has 0 fully saturated rings. The van der Waals surface area contributed by atoms with Crippen LogP contribution in [0.1, 0.15) is 18.9 Å². The lowest BCUT2D eigenvalue weighted by molar-refractivity contribution is -0.139. The van der Waals surface area contributed by atoms with E-state index in [-0.39, 0.29) is 12.2 Å². The fraction of sp³-hybridized carbons (Fsp3) is 0.333. The number of urea groups is 1. The van der Waals surface area contributed by atoms with E-state index in [2.05, 4.69) is 10.6 Å². The first-order valence-corrected chi connectivity index (χ1v) is 5.50. The maximum atomic E-state index is 13.0. The van der Waals surface area contributed by atoms with Crippen LogP contribution in [0.2, 0.25) is 0 Å². The second kappa shape index (κ2) is 6.00.